The molecular weight excluding hydrogens is 300 g/mol. The smallest absolute Gasteiger partial charge is 0.230 e. The number of nitrogens with zero attached hydrogens (tertiary/aromatic N) is 1. The molecule has 2 rings (SSSR count). The van der Waals surface area contributed by atoms with Crippen molar-refractivity contribution < 1.29 is 4.79 Å². The third-order valence-electron chi connectivity index (χ3n) is 3.34. The Labute approximate surface area is 114 Å². The first kappa shape index (κ1) is 13.1. The van der Waals surface area contributed by atoms with Crippen molar-refractivity contribution in [1.29, 1.82) is 0 Å². The van der Waals surface area contributed by atoms with Gasteiger partial charge in [-0.3, -0.25) is 4.79 Å². The molecule has 5 heteroatoms. The van der Waals surface area contributed by atoms with Crippen molar-refractivity contribution in [2.45, 2.75) is 26.3 Å². The molecule has 2 N–H and O–H groups in total. The molecule has 0 atom stereocenters. The third-order valence-corrected chi connectivity index (χ3v) is 4.95. The van der Waals surface area contributed by atoms with E-state index in [9.17, 15) is 4.79 Å². The number of carbonyl (C=O) groups excluding carboxylic acids is 1. The minimum absolute atomic E-state index is 0.229. The maximum Gasteiger partial charge on any atom is 0.230 e. The van der Waals surface area contributed by atoms with E-state index in [1.54, 1.807) is 11.3 Å². The molecule has 1 aromatic heterocycles. The summed E-state index contributed by atoms with van der Waals surface area (Å²) in [6, 6.07) is 4.08. The fraction of sp³-hybridized carbons (Fsp3) is 0.583. The van der Waals surface area contributed by atoms with E-state index in [1.807, 2.05) is 17.9 Å². The van der Waals surface area contributed by atoms with Crippen LogP contribution in [0.15, 0.2) is 15.9 Å². The Morgan fingerprint density at radius 1 is 1.59 bits per heavy atom. The van der Waals surface area contributed by atoms with Gasteiger partial charge in [0.05, 0.1) is 15.7 Å². The highest BCUT2D eigenvalue weighted by Gasteiger charge is 2.50. The van der Waals surface area contributed by atoms with Crippen molar-refractivity contribution in [3.8, 4) is 0 Å². The van der Waals surface area contributed by atoms with Gasteiger partial charge in [0.1, 0.15) is 0 Å². The predicted molar refractivity (Wildman–Crippen MR) is 73.8 cm³/mol. The molecule has 0 bridgehead atoms. The van der Waals surface area contributed by atoms with E-state index in [2.05, 4.69) is 22.0 Å². The van der Waals surface area contributed by atoms with Crippen LogP contribution in [0.1, 0.15) is 24.6 Å². The fourth-order valence-electron chi connectivity index (χ4n) is 1.94. The van der Waals surface area contributed by atoms with Gasteiger partial charge in [0, 0.05) is 18.0 Å². The SMILES string of the molecule is CCN(Cc1ccc(Br)s1)C(=O)C1(CN)CC1. The Morgan fingerprint density at radius 2 is 2.29 bits per heavy atom. The maximum absolute atomic E-state index is 12.3. The molecule has 1 aliphatic carbocycles. The van der Waals surface area contributed by atoms with Crippen molar-refractivity contribution >= 4 is 33.2 Å². The van der Waals surface area contributed by atoms with Gasteiger partial charge in [-0.05, 0) is 47.8 Å². The second kappa shape index (κ2) is 5.08. The molecule has 3 nitrogen and oxygen atoms in total. The summed E-state index contributed by atoms with van der Waals surface area (Å²) < 4.78 is 1.11. The fourth-order valence-corrected chi connectivity index (χ4v) is 3.44. The number of hydrogen-bond acceptors (Lipinski definition) is 3. The van der Waals surface area contributed by atoms with Crippen LogP contribution < -0.4 is 5.73 Å². The van der Waals surface area contributed by atoms with Gasteiger partial charge in [-0.25, -0.2) is 0 Å². The van der Waals surface area contributed by atoms with Gasteiger partial charge in [-0.1, -0.05) is 0 Å². The van der Waals surface area contributed by atoms with Crippen LogP contribution in [-0.2, 0) is 11.3 Å². The zero-order valence-electron chi connectivity index (χ0n) is 9.91. The Hall–Kier alpha value is -0.390. The molecule has 17 heavy (non-hydrogen) atoms. The molecule has 0 spiro atoms. The largest absolute Gasteiger partial charge is 0.337 e. The number of hydrogen-bond donors (Lipinski definition) is 1. The summed E-state index contributed by atoms with van der Waals surface area (Å²) in [6.07, 6.45) is 1.90. The molecule has 1 amide bonds. The van der Waals surface area contributed by atoms with Gasteiger partial charge in [-0.2, -0.15) is 0 Å². The summed E-state index contributed by atoms with van der Waals surface area (Å²) in [6.45, 7) is 3.95. The predicted octanol–water partition coefficient (Wildman–Crippen LogP) is 2.60. The summed E-state index contributed by atoms with van der Waals surface area (Å²) in [4.78, 5) is 15.5. The molecule has 1 aromatic rings. The average molecular weight is 317 g/mol. The highest BCUT2D eigenvalue weighted by Crippen LogP contribution is 2.46. The van der Waals surface area contributed by atoms with Crippen molar-refractivity contribution in [3.63, 3.8) is 0 Å². The van der Waals surface area contributed by atoms with Crippen LogP contribution in [0.3, 0.4) is 0 Å². The van der Waals surface area contributed by atoms with Gasteiger partial charge in [0.2, 0.25) is 5.91 Å². The van der Waals surface area contributed by atoms with Crippen molar-refractivity contribution in [2.75, 3.05) is 13.1 Å². The molecule has 1 fully saturated rings. The van der Waals surface area contributed by atoms with Crippen molar-refractivity contribution in [1.82, 2.24) is 4.90 Å². The molecule has 0 aliphatic heterocycles. The Bertz CT molecular complexity index is 414. The maximum atomic E-state index is 12.3. The number of rotatable bonds is 5. The molecule has 0 radical (unpaired) electrons. The van der Waals surface area contributed by atoms with E-state index < -0.39 is 0 Å². The lowest BCUT2D eigenvalue weighted by atomic mass is 10.1. The van der Waals surface area contributed by atoms with Crippen LogP contribution in [0.5, 0.6) is 0 Å². The molecule has 0 unspecified atom stereocenters. The van der Waals surface area contributed by atoms with Crippen LogP contribution in [-0.4, -0.2) is 23.9 Å². The zero-order chi connectivity index (χ0) is 12.5. The summed E-state index contributed by atoms with van der Waals surface area (Å²) in [7, 11) is 0. The molecular formula is C12H17BrN2OS. The van der Waals surface area contributed by atoms with Crippen LogP contribution >= 0.6 is 27.3 Å². The van der Waals surface area contributed by atoms with Gasteiger partial charge < -0.3 is 10.6 Å². The molecule has 1 aliphatic rings. The van der Waals surface area contributed by atoms with Gasteiger partial charge >= 0.3 is 0 Å². The van der Waals surface area contributed by atoms with Gasteiger partial charge in [-0.15, -0.1) is 11.3 Å². The van der Waals surface area contributed by atoms with E-state index in [1.165, 1.54) is 4.88 Å². The quantitative estimate of drug-likeness (QED) is 0.907. The molecule has 0 aromatic carbocycles. The monoisotopic (exact) mass is 316 g/mol. The summed E-state index contributed by atoms with van der Waals surface area (Å²) >= 11 is 5.12. The highest BCUT2D eigenvalue weighted by atomic mass is 79.9. The minimum atomic E-state index is -0.232. The lowest BCUT2D eigenvalue weighted by Gasteiger charge is -2.25. The first-order valence-corrected chi connectivity index (χ1v) is 7.46. The van der Waals surface area contributed by atoms with Crippen LogP contribution in [0.2, 0.25) is 0 Å². The van der Waals surface area contributed by atoms with Gasteiger partial charge in [0.15, 0.2) is 0 Å². The lowest BCUT2D eigenvalue weighted by Crippen LogP contribution is -2.39. The number of thiophene rings is 1. The van der Waals surface area contributed by atoms with E-state index in [0.717, 1.165) is 23.2 Å². The van der Waals surface area contributed by atoms with E-state index >= 15 is 0 Å². The zero-order valence-corrected chi connectivity index (χ0v) is 12.3. The summed E-state index contributed by atoms with van der Waals surface area (Å²) in [5.41, 5.74) is 5.48. The standard InChI is InChI=1S/C12H17BrN2OS/c1-2-15(7-9-3-4-10(13)17-9)11(16)12(8-14)5-6-12/h3-4H,2,5-8,14H2,1H3. The summed E-state index contributed by atoms with van der Waals surface area (Å²) in [5, 5.41) is 0. The van der Waals surface area contributed by atoms with Crippen molar-refractivity contribution in [3.05, 3.63) is 20.8 Å². The Balaban J connectivity index is 2.04. The van der Waals surface area contributed by atoms with Crippen molar-refractivity contribution in [2.24, 2.45) is 11.1 Å². The van der Waals surface area contributed by atoms with Gasteiger partial charge in [0.25, 0.3) is 0 Å². The Kier molecular flexibility index (Phi) is 3.90. The third kappa shape index (κ3) is 2.72. The molecule has 0 saturated heterocycles. The average Bonchev–Trinajstić information content (AvgIpc) is 3.03. The second-order valence-electron chi connectivity index (χ2n) is 4.51. The number of halogens is 1. The number of amides is 1. The first-order chi connectivity index (χ1) is 8.11. The highest BCUT2D eigenvalue weighted by molar-refractivity contribution is 9.11. The number of carbonyl (C=O) groups is 1. The number of nitrogens with two attached hydrogens (primary N) is 1. The lowest BCUT2D eigenvalue weighted by molar-refractivity contribution is -0.137. The van der Waals surface area contributed by atoms with E-state index in [0.29, 0.717) is 13.1 Å². The first-order valence-electron chi connectivity index (χ1n) is 5.85. The molecule has 94 valence electrons. The Morgan fingerprint density at radius 3 is 2.71 bits per heavy atom. The normalized spacial score (nSPS) is 16.9. The van der Waals surface area contributed by atoms with E-state index in [-0.39, 0.29) is 11.3 Å². The van der Waals surface area contributed by atoms with Crippen LogP contribution in [0, 0.1) is 5.41 Å². The second-order valence-corrected chi connectivity index (χ2v) is 7.06. The molecule has 1 heterocycles. The van der Waals surface area contributed by atoms with Crippen LogP contribution in [0.4, 0.5) is 0 Å². The molecule has 1 saturated carbocycles. The van der Waals surface area contributed by atoms with Crippen LogP contribution in [0.25, 0.3) is 0 Å². The summed E-state index contributed by atoms with van der Waals surface area (Å²) in [5.74, 6) is 0.229. The van der Waals surface area contributed by atoms with E-state index in [4.69, 9.17) is 5.73 Å². The topological polar surface area (TPSA) is 46.3 Å². The minimum Gasteiger partial charge on any atom is -0.337 e.